The highest BCUT2D eigenvalue weighted by Gasteiger charge is 2.22. The van der Waals surface area contributed by atoms with E-state index in [-0.39, 0.29) is 0 Å². The quantitative estimate of drug-likeness (QED) is 0.790. The number of aryl methyl sites for hydroxylation is 1. The molecule has 1 aromatic rings. The Morgan fingerprint density at radius 1 is 1.47 bits per heavy atom. The van der Waals surface area contributed by atoms with E-state index in [2.05, 4.69) is 22.2 Å². The summed E-state index contributed by atoms with van der Waals surface area (Å²) in [7, 11) is 4.15. The summed E-state index contributed by atoms with van der Waals surface area (Å²) in [5.74, 6) is 2.52. The molecule has 0 bridgehead atoms. The molecule has 0 aromatic carbocycles. The third-order valence-corrected chi connectivity index (χ3v) is 3.49. The molecule has 0 unspecified atom stereocenters. The molecule has 17 heavy (non-hydrogen) atoms. The van der Waals surface area contributed by atoms with Gasteiger partial charge in [-0.1, -0.05) is 0 Å². The van der Waals surface area contributed by atoms with E-state index in [1.807, 2.05) is 13.2 Å². The average Bonchev–Trinajstić information content (AvgIpc) is 2.79. The molecule has 1 N–H and O–H groups in total. The lowest BCUT2D eigenvalue weighted by Crippen LogP contribution is -2.29. The summed E-state index contributed by atoms with van der Waals surface area (Å²) >= 11 is 0. The van der Waals surface area contributed by atoms with Crippen molar-refractivity contribution in [2.24, 2.45) is 0 Å². The predicted molar refractivity (Wildman–Crippen MR) is 68.2 cm³/mol. The van der Waals surface area contributed by atoms with Gasteiger partial charge in [0.2, 0.25) is 0 Å². The molecule has 1 fully saturated rings. The molecule has 1 aromatic heterocycles. The van der Waals surface area contributed by atoms with Crippen molar-refractivity contribution >= 4 is 0 Å². The van der Waals surface area contributed by atoms with Gasteiger partial charge in [0.15, 0.2) is 5.89 Å². The van der Waals surface area contributed by atoms with Crippen LogP contribution in [0.5, 0.6) is 0 Å². The molecule has 1 saturated heterocycles. The molecule has 96 valence electrons. The van der Waals surface area contributed by atoms with Gasteiger partial charge < -0.3 is 14.6 Å². The normalized spacial score (nSPS) is 18.7. The number of hydrogen-bond donors (Lipinski definition) is 1. The van der Waals surface area contributed by atoms with Crippen LogP contribution in [0.3, 0.4) is 0 Å². The third kappa shape index (κ3) is 3.54. The van der Waals surface area contributed by atoms with E-state index in [4.69, 9.17) is 4.42 Å². The molecule has 0 aliphatic carbocycles. The van der Waals surface area contributed by atoms with Gasteiger partial charge in [-0.2, -0.15) is 0 Å². The maximum absolute atomic E-state index is 5.85. The lowest BCUT2D eigenvalue weighted by Gasteiger charge is -2.26. The van der Waals surface area contributed by atoms with Crippen LogP contribution in [-0.4, -0.2) is 43.6 Å². The first-order chi connectivity index (χ1) is 8.29. The second-order valence-electron chi connectivity index (χ2n) is 4.95. The van der Waals surface area contributed by atoms with Gasteiger partial charge in [-0.25, -0.2) is 4.98 Å². The summed E-state index contributed by atoms with van der Waals surface area (Å²) in [5, 5.41) is 3.15. The van der Waals surface area contributed by atoms with Crippen LogP contribution in [0.4, 0.5) is 0 Å². The van der Waals surface area contributed by atoms with Crippen molar-refractivity contribution in [1.82, 2.24) is 15.2 Å². The Bertz CT molecular complexity index is 329. The van der Waals surface area contributed by atoms with Crippen LogP contribution in [0.1, 0.15) is 36.8 Å². The Morgan fingerprint density at radius 3 is 2.94 bits per heavy atom. The minimum atomic E-state index is 0.532. The van der Waals surface area contributed by atoms with Crippen molar-refractivity contribution in [2.45, 2.75) is 31.6 Å². The number of aromatic nitrogens is 1. The lowest BCUT2D eigenvalue weighted by molar-refractivity contribution is 0.235. The van der Waals surface area contributed by atoms with Gasteiger partial charge in [0.25, 0.3) is 0 Å². The fourth-order valence-electron chi connectivity index (χ4n) is 2.32. The Morgan fingerprint density at radius 2 is 2.24 bits per heavy atom. The van der Waals surface area contributed by atoms with Gasteiger partial charge in [-0.3, -0.25) is 0 Å². The average molecular weight is 237 g/mol. The first-order valence-corrected chi connectivity index (χ1v) is 6.57. The molecule has 0 saturated carbocycles. The fraction of sp³-hybridized carbons (Fsp3) is 0.769. The number of oxazole rings is 1. The summed E-state index contributed by atoms with van der Waals surface area (Å²) < 4.78 is 5.85. The zero-order chi connectivity index (χ0) is 12.1. The van der Waals surface area contributed by atoms with Crippen molar-refractivity contribution in [3.8, 4) is 0 Å². The third-order valence-electron chi connectivity index (χ3n) is 3.49. The minimum Gasteiger partial charge on any atom is -0.445 e. The van der Waals surface area contributed by atoms with Crippen LogP contribution in [0.2, 0.25) is 0 Å². The van der Waals surface area contributed by atoms with E-state index in [0.717, 1.165) is 44.1 Å². The Balaban J connectivity index is 1.85. The fourth-order valence-corrected chi connectivity index (χ4v) is 2.32. The number of hydrogen-bond acceptors (Lipinski definition) is 4. The van der Waals surface area contributed by atoms with Gasteiger partial charge in [0, 0.05) is 12.3 Å². The number of nitrogens with one attached hydrogen (secondary N) is 1. The molecule has 0 spiro atoms. The van der Waals surface area contributed by atoms with Crippen molar-refractivity contribution in [3.05, 3.63) is 17.8 Å². The molecule has 4 nitrogen and oxygen atoms in total. The number of nitrogens with zero attached hydrogens (tertiary/aromatic N) is 2. The van der Waals surface area contributed by atoms with E-state index in [9.17, 15) is 0 Å². The van der Waals surface area contributed by atoms with Crippen molar-refractivity contribution < 1.29 is 4.42 Å². The van der Waals surface area contributed by atoms with E-state index in [1.54, 1.807) is 0 Å². The van der Waals surface area contributed by atoms with E-state index >= 15 is 0 Å². The van der Waals surface area contributed by atoms with Crippen LogP contribution in [0, 0.1) is 0 Å². The second-order valence-corrected chi connectivity index (χ2v) is 4.95. The van der Waals surface area contributed by atoms with Crippen LogP contribution in [0.25, 0.3) is 0 Å². The number of likely N-dealkylation sites (tertiary alicyclic amines) is 1. The Kier molecular flexibility index (Phi) is 4.57. The molecule has 2 heterocycles. The number of piperidine rings is 1. The highest BCUT2D eigenvalue weighted by Crippen LogP contribution is 2.27. The van der Waals surface area contributed by atoms with Crippen molar-refractivity contribution in [2.75, 3.05) is 33.7 Å². The lowest BCUT2D eigenvalue weighted by atomic mass is 9.97. The van der Waals surface area contributed by atoms with Crippen molar-refractivity contribution in [1.29, 1.82) is 0 Å². The number of rotatable bonds is 5. The van der Waals surface area contributed by atoms with Crippen LogP contribution in [0.15, 0.2) is 10.6 Å². The maximum Gasteiger partial charge on any atom is 0.197 e. The zero-order valence-electron chi connectivity index (χ0n) is 10.9. The highest BCUT2D eigenvalue weighted by molar-refractivity contribution is 5.00. The monoisotopic (exact) mass is 237 g/mol. The summed E-state index contributed by atoms with van der Waals surface area (Å²) in [6, 6.07) is 0. The van der Waals surface area contributed by atoms with Gasteiger partial charge in [-0.15, -0.1) is 0 Å². The minimum absolute atomic E-state index is 0.532. The molecule has 0 radical (unpaired) electrons. The molecule has 2 rings (SSSR count). The smallest absolute Gasteiger partial charge is 0.197 e. The summed E-state index contributed by atoms with van der Waals surface area (Å²) in [4.78, 5) is 6.81. The topological polar surface area (TPSA) is 41.3 Å². The molecular weight excluding hydrogens is 214 g/mol. The first-order valence-electron chi connectivity index (χ1n) is 6.57. The van der Waals surface area contributed by atoms with Crippen molar-refractivity contribution in [3.63, 3.8) is 0 Å². The highest BCUT2D eigenvalue weighted by atomic mass is 16.4. The van der Waals surface area contributed by atoms with Gasteiger partial charge >= 0.3 is 0 Å². The second kappa shape index (κ2) is 6.17. The first kappa shape index (κ1) is 12.6. The molecule has 0 atom stereocenters. The largest absolute Gasteiger partial charge is 0.445 e. The van der Waals surface area contributed by atoms with E-state index in [0.29, 0.717) is 5.92 Å². The van der Waals surface area contributed by atoms with Gasteiger partial charge in [0.1, 0.15) is 5.76 Å². The van der Waals surface area contributed by atoms with Gasteiger partial charge in [0.05, 0.1) is 6.20 Å². The predicted octanol–water partition coefficient (Wildman–Crippen LogP) is 1.64. The molecule has 1 aliphatic heterocycles. The zero-order valence-corrected chi connectivity index (χ0v) is 10.9. The molecule has 0 amide bonds. The van der Waals surface area contributed by atoms with E-state index in [1.165, 1.54) is 12.8 Å². The van der Waals surface area contributed by atoms with Gasteiger partial charge in [-0.05, 0) is 53.0 Å². The van der Waals surface area contributed by atoms with Crippen LogP contribution in [-0.2, 0) is 6.42 Å². The summed E-state index contributed by atoms with van der Waals surface area (Å²) in [6.07, 6.45) is 6.35. The molecule has 4 heteroatoms. The van der Waals surface area contributed by atoms with Crippen LogP contribution < -0.4 is 5.32 Å². The summed E-state index contributed by atoms with van der Waals surface area (Å²) in [6.45, 7) is 3.34. The molecular formula is C13H23N3O. The SMILES string of the molecule is CNCCCc1cnc(C2CCN(C)CC2)o1. The molecule has 1 aliphatic rings. The van der Waals surface area contributed by atoms with Crippen LogP contribution >= 0.6 is 0 Å². The van der Waals surface area contributed by atoms with E-state index < -0.39 is 0 Å². The summed E-state index contributed by atoms with van der Waals surface area (Å²) in [5.41, 5.74) is 0. The maximum atomic E-state index is 5.85. The Labute approximate surface area is 103 Å². The Hall–Kier alpha value is -0.870. The standard InChI is InChI=1S/C13H23N3O/c1-14-7-3-4-12-10-15-13(17-12)11-5-8-16(2)9-6-11/h10-11,14H,3-9H2,1-2H3.